The molecule has 5 atom stereocenters. The van der Waals surface area contributed by atoms with Crippen molar-refractivity contribution in [1.29, 1.82) is 0 Å². The molecule has 1 aliphatic heterocycles. The second kappa shape index (κ2) is 5.05. The molecule has 114 valence electrons. The van der Waals surface area contributed by atoms with E-state index in [1.165, 1.54) is 6.33 Å². The van der Waals surface area contributed by atoms with Crippen LogP contribution in [0.3, 0.4) is 0 Å². The van der Waals surface area contributed by atoms with E-state index in [0.29, 0.717) is 0 Å². The van der Waals surface area contributed by atoms with Gasteiger partial charge in [-0.05, 0) is 0 Å². The van der Waals surface area contributed by atoms with Crippen molar-refractivity contribution in [3.05, 3.63) is 16.7 Å². The van der Waals surface area contributed by atoms with E-state index in [0.717, 1.165) is 0 Å². The Morgan fingerprint density at radius 1 is 1.19 bits per heavy atom. The summed E-state index contributed by atoms with van der Waals surface area (Å²) in [6, 6.07) is -1.16. The number of ether oxygens (including phenoxy) is 1. The molecule has 0 unspecified atom stereocenters. The number of nitrogens with zero attached hydrogens (tertiary/aromatic N) is 2. The van der Waals surface area contributed by atoms with Gasteiger partial charge >= 0.3 is 0 Å². The van der Waals surface area contributed by atoms with Gasteiger partial charge in [0, 0.05) is 0 Å². The van der Waals surface area contributed by atoms with Crippen LogP contribution in [0.1, 0.15) is 0 Å². The maximum atomic E-state index is 11.5. The summed E-state index contributed by atoms with van der Waals surface area (Å²) in [4.78, 5) is 24.3. The van der Waals surface area contributed by atoms with Crippen LogP contribution in [0.4, 0.5) is 5.95 Å². The molecular weight excluding hydrogens is 286 g/mol. The molecule has 3 rings (SSSR count). The van der Waals surface area contributed by atoms with Crippen LogP contribution in [0, 0.1) is 0 Å². The molecule has 0 amide bonds. The van der Waals surface area contributed by atoms with Crippen molar-refractivity contribution >= 4 is 17.1 Å². The molecule has 1 aliphatic rings. The molecule has 2 aromatic heterocycles. The standard InChI is InChI=1S/C10H13N5O6/c16-4-2(8(19)21-9(20)5(4)17)13-10-14-3-6(15-10)11-1-12-7(3)18/h1-2,4-5,8-9,16-17,19-20H,(H3,11,12,13,14,15,18)/t2-,4-,5+,8+,9-/m0/s1. The van der Waals surface area contributed by atoms with Crippen molar-refractivity contribution in [2.45, 2.75) is 30.8 Å². The molecule has 3 heterocycles. The van der Waals surface area contributed by atoms with E-state index in [4.69, 9.17) is 0 Å². The number of fused-ring (bicyclic) bond motifs is 1. The second-order valence-corrected chi connectivity index (χ2v) is 4.58. The summed E-state index contributed by atoms with van der Waals surface area (Å²) in [7, 11) is 0. The van der Waals surface area contributed by atoms with E-state index in [1.54, 1.807) is 0 Å². The number of anilines is 1. The average molecular weight is 299 g/mol. The Hall–Kier alpha value is -2.05. The van der Waals surface area contributed by atoms with Crippen LogP contribution < -0.4 is 10.9 Å². The lowest BCUT2D eigenvalue weighted by Crippen LogP contribution is -2.60. The molecule has 11 heteroatoms. The third-order valence-corrected chi connectivity index (χ3v) is 3.19. The fraction of sp³-hybridized carbons (Fsp3) is 0.500. The van der Waals surface area contributed by atoms with Gasteiger partial charge in [0.15, 0.2) is 23.7 Å². The first kappa shape index (κ1) is 13.9. The van der Waals surface area contributed by atoms with Crippen LogP contribution in [-0.2, 0) is 4.74 Å². The van der Waals surface area contributed by atoms with Crippen LogP contribution in [0.2, 0.25) is 0 Å². The van der Waals surface area contributed by atoms with Crippen LogP contribution in [0.15, 0.2) is 11.1 Å². The number of rotatable bonds is 2. The third kappa shape index (κ3) is 2.36. The second-order valence-electron chi connectivity index (χ2n) is 4.58. The molecule has 0 spiro atoms. The van der Waals surface area contributed by atoms with Crippen LogP contribution >= 0.6 is 0 Å². The first-order valence-corrected chi connectivity index (χ1v) is 6.05. The minimum Gasteiger partial charge on any atom is -0.388 e. The smallest absolute Gasteiger partial charge is 0.276 e. The molecule has 21 heavy (non-hydrogen) atoms. The SMILES string of the molecule is O=c1[nH]cnc2nc(N[C@H]3[C@H](O)[C@@H](O)[C@@H](O)O[C@H]3O)[nH]c12. The van der Waals surface area contributed by atoms with Gasteiger partial charge < -0.3 is 40.4 Å². The summed E-state index contributed by atoms with van der Waals surface area (Å²) in [5, 5.41) is 40.9. The average Bonchev–Trinajstić information content (AvgIpc) is 2.85. The highest BCUT2D eigenvalue weighted by Gasteiger charge is 2.43. The summed E-state index contributed by atoms with van der Waals surface area (Å²) in [5.41, 5.74) is -0.180. The van der Waals surface area contributed by atoms with Gasteiger partial charge in [-0.25, -0.2) is 4.98 Å². The Labute approximate surface area is 116 Å². The topological polar surface area (TPSA) is 177 Å². The zero-order valence-electron chi connectivity index (χ0n) is 10.5. The lowest BCUT2D eigenvalue weighted by atomic mass is 10.0. The molecule has 0 saturated carbocycles. The fourth-order valence-corrected chi connectivity index (χ4v) is 2.08. The van der Waals surface area contributed by atoms with E-state index in [2.05, 4.69) is 30.0 Å². The number of imidazole rings is 1. The largest absolute Gasteiger partial charge is 0.388 e. The Morgan fingerprint density at radius 2 is 1.95 bits per heavy atom. The maximum Gasteiger partial charge on any atom is 0.276 e. The predicted octanol–water partition coefficient (Wildman–Crippen LogP) is -3.18. The summed E-state index contributed by atoms with van der Waals surface area (Å²) in [6.45, 7) is 0. The van der Waals surface area contributed by atoms with E-state index in [-0.39, 0.29) is 17.1 Å². The Balaban J connectivity index is 1.87. The number of hydrogen-bond acceptors (Lipinski definition) is 9. The van der Waals surface area contributed by atoms with Gasteiger partial charge in [0.1, 0.15) is 18.2 Å². The highest BCUT2D eigenvalue weighted by Crippen LogP contribution is 2.21. The van der Waals surface area contributed by atoms with Crippen LogP contribution in [0.25, 0.3) is 11.2 Å². The zero-order chi connectivity index (χ0) is 15.1. The highest BCUT2D eigenvalue weighted by molar-refractivity contribution is 5.71. The van der Waals surface area contributed by atoms with Crippen LogP contribution in [0.5, 0.6) is 0 Å². The minimum absolute atomic E-state index is 0.0458. The first-order valence-electron chi connectivity index (χ1n) is 6.05. The number of nitrogens with one attached hydrogen (secondary N) is 3. The summed E-state index contributed by atoms with van der Waals surface area (Å²) >= 11 is 0. The van der Waals surface area contributed by atoms with Gasteiger partial charge in [0.05, 0.1) is 6.33 Å². The molecule has 0 radical (unpaired) electrons. The van der Waals surface area contributed by atoms with E-state index in [1.807, 2.05) is 0 Å². The van der Waals surface area contributed by atoms with Crippen molar-refractivity contribution in [3.8, 4) is 0 Å². The van der Waals surface area contributed by atoms with Crippen molar-refractivity contribution in [3.63, 3.8) is 0 Å². The van der Waals surface area contributed by atoms with Gasteiger partial charge in [-0.1, -0.05) is 0 Å². The highest BCUT2D eigenvalue weighted by atomic mass is 16.7. The van der Waals surface area contributed by atoms with Crippen molar-refractivity contribution < 1.29 is 25.2 Å². The van der Waals surface area contributed by atoms with Crippen molar-refractivity contribution in [2.24, 2.45) is 0 Å². The number of aromatic amines is 2. The van der Waals surface area contributed by atoms with Gasteiger partial charge in [-0.2, -0.15) is 4.98 Å². The Kier molecular flexibility index (Phi) is 3.35. The van der Waals surface area contributed by atoms with Gasteiger partial charge in [0.25, 0.3) is 5.56 Å². The lowest BCUT2D eigenvalue weighted by Gasteiger charge is -2.38. The third-order valence-electron chi connectivity index (χ3n) is 3.19. The Bertz CT molecular complexity index is 701. The lowest BCUT2D eigenvalue weighted by molar-refractivity contribution is -0.297. The summed E-state index contributed by atoms with van der Waals surface area (Å²) in [5.74, 6) is 0.0458. The number of H-pyrrole nitrogens is 2. The molecule has 2 aromatic rings. The van der Waals surface area contributed by atoms with Gasteiger partial charge in [-0.3, -0.25) is 4.79 Å². The molecule has 7 N–H and O–H groups in total. The van der Waals surface area contributed by atoms with Gasteiger partial charge in [-0.15, -0.1) is 0 Å². The van der Waals surface area contributed by atoms with Crippen LogP contribution in [-0.4, -0.2) is 71.2 Å². The van der Waals surface area contributed by atoms with Crippen molar-refractivity contribution in [1.82, 2.24) is 19.9 Å². The van der Waals surface area contributed by atoms with E-state index >= 15 is 0 Å². The molecule has 0 aliphatic carbocycles. The Morgan fingerprint density at radius 3 is 2.67 bits per heavy atom. The summed E-state index contributed by atoms with van der Waals surface area (Å²) < 4.78 is 4.66. The number of aliphatic hydroxyl groups is 4. The number of aromatic nitrogens is 4. The normalized spacial score (nSPS) is 33.2. The monoisotopic (exact) mass is 299 g/mol. The molecule has 1 saturated heterocycles. The molecule has 0 aromatic carbocycles. The number of aliphatic hydroxyl groups excluding tert-OH is 4. The first-order chi connectivity index (χ1) is 9.97. The summed E-state index contributed by atoms with van der Waals surface area (Å²) in [6.07, 6.45) is -5.21. The molecular formula is C10H13N5O6. The predicted molar refractivity (Wildman–Crippen MR) is 67.0 cm³/mol. The molecule has 11 nitrogen and oxygen atoms in total. The van der Waals surface area contributed by atoms with Crippen molar-refractivity contribution in [2.75, 3.05) is 5.32 Å². The quantitative estimate of drug-likeness (QED) is 0.301. The number of hydrogen-bond donors (Lipinski definition) is 7. The molecule has 0 bridgehead atoms. The molecule has 1 fully saturated rings. The van der Waals surface area contributed by atoms with E-state index in [9.17, 15) is 25.2 Å². The zero-order valence-corrected chi connectivity index (χ0v) is 10.5. The fourth-order valence-electron chi connectivity index (χ4n) is 2.08. The van der Waals surface area contributed by atoms with Gasteiger partial charge in [0.2, 0.25) is 5.95 Å². The minimum atomic E-state index is -1.70. The van der Waals surface area contributed by atoms with E-state index < -0.39 is 36.4 Å². The maximum absolute atomic E-state index is 11.5.